The molecule has 0 heterocycles. The Morgan fingerprint density at radius 1 is 1.07 bits per heavy atom. The van der Waals surface area contributed by atoms with Gasteiger partial charge in [-0.2, -0.15) is 0 Å². The zero-order valence-electron chi connectivity index (χ0n) is 17.5. The largest absolute Gasteiger partial charge is 0.462 e. The second-order valence-electron chi connectivity index (χ2n) is 10.6. The minimum Gasteiger partial charge on any atom is -0.462 e. The van der Waals surface area contributed by atoms with Crippen LogP contribution >= 0.6 is 0 Å². The minimum atomic E-state index is -0.392. The van der Waals surface area contributed by atoms with E-state index < -0.39 is 6.61 Å². The zero-order valence-corrected chi connectivity index (χ0v) is 17.5. The number of hydrogen-bond donors (Lipinski definition) is 2. The number of fused-ring (bicyclic) bond motifs is 5. The molecule has 4 saturated carbocycles. The molecule has 4 aliphatic carbocycles. The highest BCUT2D eigenvalue weighted by Gasteiger charge is 2.64. The van der Waals surface area contributed by atoms with Crippen LogP contribution in [0.15, 0.2) is 0 Å². The van der Waals surface area contributed by atoms with Crippen LogP contribution in [-0.2, 0) is 14.3 Å². The summed E-state index contributed by atoms with van der Waals surface area (Å²) in [6.45, 7) is 5.66. The highest BCUT2D eigenvalue weighted by molar-refractivity contribution is 5.83. The summed E-state index contributed by atoms with van der Waals surface area (Å²) in [7, 11) is 0. The van der Waals surface area contributed by atoms with Crippen molar-refractivity contribution in [2.45, 2.75) is 84.3 Å². The molecular formula is C23H36O5. The molecule has 4 rings (SSSR count). The van der Waals surface area contributed by atoms with Crippen LogP contribution in [0.4, 0.5) is 0 Å². The lowest BCUT2D eigenvalue weighted by Crippen LogP contribution is -2.60. The van der Waals surface area contributed by atoms with Crippen LogP contribution in [0.5, 0.6) is 0 Å². The number of ketones is 1. The van der Waals surface area contributed by atoms with Gasteiger partial charge in [0, 0.05) is 18.8 Å². The van der Waals surface area contributed by atoms with Gasteiger partial charge in [0.05, 0.1) is 6.10 Å². The van der Waals surface area contributed by atoms with Gasteiger partial charge in [-0.05, 0) is 80.0 Å². The van der Waals surface area contributed by atoms with Crippen LogP contribution in [-0.4, -0.2) is 40.8 Å². The van der Waals surface area contributed by atoms with Gasteiger partial charge in [-0.15, -0.1) is 0 Å². The lowest BCUT2D eigenvalue weighted by Gasteiger charge is -2.62. The average molecular weight is 393 g/mol. The smallest absolute Gasteiger partial charge is 0.302 e. The Kier molecular flexibility index (Phi) is 5.15. The molecule has 4 fully saturated rings. The van der Waals surface area contributed by atoms with Crippen molar-refractivity contribution in [3.8, 4) is 0 Å². The summed E-state index contributed by atoms with van der Waals surface area (Å²) in [6.07, 6.45) is 7.12. The minimum absolute atomic E-state index is 0.0503. The van der Waals surface area contributed by atoms with Crippen molar-refractivity contribution in [1.82, 2.24) is 0 Å². The molecule has 0 bridgehead atoms. The summed E-state index contributed by atoms with van der Waals surface area (Å²) < 4.78 is 5.96. The molecular weight excluding hydrogens is 356 g/mol. The fourth-order valence-corrected chi connectivity index (χ4v) is 8.29. The SMILES string of the molecule is CC(=O)OC1CC2(C)C(C(=O)CO)CCC2C2CCC3CC(O)CCC3(C)C12. The van der Waals surface area contributed by atoms with Crippen LogP contribution in [0.3, 0.4) is 0 Å². The molecule has 0 aliphatic heterocycles. The van der Waals surface area contributed by atoms with Gasteiger partial charge in [0.25, 0.3) is 0 Å². The van der Waals surface area contributed by atoms with Crippen molar-refractivity contribution in [1.29, 1.82) is 0 Å². The highest BCUT2D eigenvalue weighted by Crippen LogP contribution is 2.68. The molecule has 9 atom stereocenters. The van der Waals surface area contributed by atoms with Gasteiger partial charge in [-0.25, -0.2) is 0 Å². The number of carbonyl (C=O) groups is 2. The normalized spacial score (nSPS) is 50.2. The number of carbonyl (C=O) groups excluding carboxylic acids is 2. The average Bonchev–Trinajstić information content (AvgIpc) is 2.97. The van der Waals surface area contributed by atoms with E-state index in [0.29, 0.717) is 23.7 Å². The second kappa shape index (κ2) is 7.09. The van der Waals surface area contributed by atoms with Gasteiger partial charge in [0.2, 0.25) is 0 Å². The first-order valence-corrected chi connectivity index (χ1v) is 11.2. The molecule has 0 amide bonds. The zero-order chi connectivity index (χ0) is 20.3. The summed E-state index contributed by atoms with van der Waals surface area (Å²) >= 11 is 0. The summed E-state index contributed by atoms with van der Waals surface area (Å²) in [5.74, 6) is 1.28. The number of hydrogen-bond acceptors (Lipinski definition) is 5. The molecule has 4 aliphatic rings. The Bertz CT molecular complexity index is 647. The van der Waals surface area contributed by atoms with Gasteiger partial charge in [-0.3, -0.25) is 9.59 Å². The van der Waals surface area contributed by atoms with Crippen LogP contribution in [0, 0.1) is 40.4 Å². The predicted molar refractivity (Wildman–Crippen MR) is 104 cm³/mol. The van der Waals surface area contributed by atoms with Crippen molar-refractivity contribution < 1.29 is 24.5 Å². The Balaban J connectivity index is 1.71. The molecule has 0 aromatic rings. The van der Waals surface area contributed by atoms with Crippen molar-refractivity contribution in [2.24, 2.45) is 40.4 Å². The maximum absolute atomic E-state index is 12.5. The van der Waals surface area contributed by atoms with Crippen molar-refractivity contribution in [2.75, 3.05) is 6.61 Å². The third kappa shape index (κ3) is 2.96. The van der Waals surface area contributed by atoms with Gasteiger partial charge in [0.15, 0.2) is 5.78 Å². The van der Waals surface area contributed by atoms with Gasteiger partial charge in [-0.1, -0.05) is 13.8 Å². The van der Waals surface area contributed by atoms with E-state index in [1.807, 2.05) is 0 Å². The van der Waals surface area contributed by atoms with E-state index in [1.165, 1.54) is 6.92 Å². The van der Waals surface area contributed by atoms with E-state index in [1.54, 1.807) is 0 Å². The molecule has 5 nitrogen and oxygen atoms in total. The number of aliphatic hydroxyl groups excluding tert-OH is 2. The standard InChI is InChI=1S/C23H36O5/c1-13(25)28-20-11-23(3)17(6-7-18(23)19(27)12-24)16-5-4-14-10-15(26)8-9-22(14,2)21(16)20/h14-18,20-21,24,26H,4-12H2,1-3H3. The maximum Gasteiger partial charge on any atom is 0.302 e. The van der Waals surface area contributed by atoms with E-state index in [2.05, 4.69) is 13.8 Å². The van der Waals surface area contributed by atoms with E-state index in [9.17, 15) is 19.8 Å². The first-order chi connectivity index (χ1) is 13.2. The summed E-state index contributed by atoms with van der Waals surface area (Å²) in [6, 6.07) is 0. The molecule has 9 unspecified atom stereocenters. The number of aliphatic hydroxyl groups is 2. The van der Waals surface area contributed by atoms with E-state index in [-0.39, 0.29) is 40.7 Å². The Morgan fingerprint density at radius 2 is 1.82 bits per heavy atom. The maximum atomic E-state index is 12.5. The summed E-state index contributed by atoms with van der Waals surface area (Å²) in [5, 5.41) is 19.7. The number of esters is 1. The molecule has 0 aromatic carbocycles. The van der Waals surface area contributed by atoms with Crippen molar-refractivity contribution >= 4 is 11.8 Å². The van der Waals surface area contributed by atoms with Gasteiger partial charge >= 0.3 is 5.97 Å². The third-order valence-electron chi connectivity index (χ3n) is 9.41. The lowest BCUT2D eigenvalue weighted by atomic mass is 9.43. The Morgan fingerprint density at radius 3 is 2.50 bits per heavy atom. The molecule has 0 spiro atoms. The number of ether oxygens (including phenoxy) is 1. The van der Waals surface area contributed by atoms with E-state index >= 15 is 0 Å². The molecule has 5 heteroatoms. The van der Waals surface area contributed by atoms with Crippen molar-refractivity contribution in [3.63, 3.8) is 0 Å². The first kappa shape index (κ1) is 20.3. The number of rotatable bonds is 3. The van der Waals surface area contributed by atoms with Crippen LogP contribution in [0.2, 0.25) is 0 Å². The molecule has 2 N–H and O–H groups in total. The molecule has 0 saturated heterocycles. The lowest BCUT2D eigenvalue weighted by molar-refractivity contribution is -0.197. The molecule has 0 aromatic heterocycles. The van der Waals surface area contributed by atoms with E-state index in [0.717, 1.165) is 51.4 Å². The van der Waals surface area contributed by atoms with Gasteiger partial charge in [0.1, 0.15) is 12.7 Å². The van der Waals surface area contributed by atoms with Crippen LogP contribution < -0.4 is 0 Å². The topological polar surface area (TPSA) is 83.8 Å². The Labute approximate surface area is 168 Å². The Hall–Kier alpha value is -0.940. The number of Topliss-reactive ketones (excluding diaryl/α,β-unsaturated/α-hetero) is 1. The molecule has 0 radical (unpaired) electrons. The molecule has 28 heavy (non-hydrogen) atoms. The quantitative estimate of drug-likeness (QED) is 0.721. The fraction of sp³-hybridized carbons (Fsp3) is 0.913. The van der Waals surface area contributed by atoms with E-state index in [4.69, 9.17) is 4.74 Å². The monoisotopic (exact) mass is 392 g/mol. The predicted octanol–water partition coefficient (Wildman–Crippen LogP) is 3.11. The summed E-state index contributed by atoms with van der Waals surface area (Å²) in [4.78, 5) is 24.5. The van der Waals surface area contributed by atoms with Crippen LogP contribution in [0.1, 0.15) is 72.1 Å². The van der Waals surface area contributed by atoms with Crippen LogP contribution in [0.25, 0.3) is 0 Å². The molecule has 158 valence electrons. The second-order valence-corrected chi connectivity index (χ2v) is 10.6. The fourth-order valence-electron chi connectivity index (χ4n) is 8.29. The highest BCUT2D eigenvalue weighted by atomic mass is 16.5. The van der Waals surface area contributed by atoms with Gasteiger partial charge < -0.3 is 14.9 Å². The first-order valence-electron chi connectivity index (χ1n) is 11.2. The van der Waals surface area contributed by atoms with Crippen molar-refractivity contribution in [3.05, 3.63) is 0 Å². The third-order valence-corrected chi connectivity index (χ3v) is 9.41. The summed E-state index contributed by atoms with van der Waals surface area (Å²) in [5.41, 5.74) is -0.110.